The Kier molecular flexibility index (Phi) is 7.24. The molecule has 2 rings (SSSR count). The molecule has 0 saturated heterocycles. The molecule has 8 nitrogen and oxygen atoms in total. The summed E-state index contributed by atoms with van der Waals surface area (Å²) in [5.74, 6) is -1.46. The second kappa shape index (κ2) is 9.42. The fourth-order valence-electron chi connectivity index (χ4n) is 2.53. The van der Waals surface area contributed by atoms with E-state index in [2.05, 4.69) is 10.1 Å². The Morgan fingerprint density at radius 2 is 2.07 bits per heavy atom. The predicted molar refractivity (Wildman–Crippen MR) is 99.4 cm³/mol. The molecule has 0 saturated carbocycles. The Labute approximate surface area is 163 Å². The third-order valence-electron chi connectivity index (χ3n) is 3.89. The number of methoxy groups -OCH3 is 1. The lowest BCUT2D eigenvalue weighted by Gasteiger charge is -2.23. The van der Waals surface area contributed by atoms with E-state index in [1.165, 1.54) is 18.4 Å². The van der Waals surface area contributed by atoms with Crippen LogP contribution >= 0.6 is 11.3 Å². The SMILES string of the molecule is COc1cc(C(=O)NCC(c2cccs2)N(C)C)c([N+](=O)[O-])cc1OC(F)F. The minimum atomic E-state index is -3.19. The number of likely N-dealkylation sites (N-methyl/N-ethyl adjacent to an activating group) is 1. The number of carbonyl (C=O) groups is 1. The molecule has 28 heavy (non-hydrogen) atoms. The van der Waals surface area contributed by atoms with Crippen molar-refractivity contribution in [3.05, 3.63) is 50.2 Å². The lowest BCUT2D eigenvalue weighted by Crippen LogP contribution is -2.34. The molecule has 152 valence electrons. The van der Waals surface area contributed by atoms with Gasteiger partial charge in [-0.15, -0.1) is 11.3 Å². The van der Waals surface area contributed by atoms with Crippen molar-refractivity contribution in [1.82, 2.24) is 10.2 Å². The van der Waals surface area contributed by atoms with Crippen LogP contribution in [-0.2, 0) is 0 Å². The second-order valence-electron chi connectivity index (χ2n) is 5.86. The van der Waals surface area contributed by atoms with Crippen LogP contribution in [0.3, 0.4) is 0 Å². The number of thiophene rings is 1. The van der Waals surface area contributed by atoms with E-state index in [-0.39, 0.29) is 23.9 Å². The highest BCUT2D eigenvalue weighted by molar-refractivity contribution is 7.10. The third kappa shape index (κ3) is 5.14. The van der Waals surface area contributed by atoms with Crippen LogP contribution in [-0.4, -0.2) is 50.1 Å². The van der Waals surface area contributed by atoms with Gasteiger partial charge in [-0.1, -0.05) is 6.07 Å². The molecule has 0 bridgehead atoms. The van der Waals surface area contributed by atoms with Crippen molar-refractivity contribution in [2.75, 3.05) is 27.7 Å². The fraction of sp³-hybridized carbons (Fsp3) is 0.353. The summed E-state index contributed by atoms with van der Waals surface area (Å²) in [4.78, 5) is 26.0. The van der Waals surface area contributed by atoms with E-state index >= 15 is 0 Å². The molecule has 0 radical (unpaired) electrons. The molecule has 1 aromatic carbocycles. The highest BCUT2D eigenvalue weighted by Gasteiger charge is 2.27. The van der Waals surface area contributed by atoms with Gasteiger partial charge in [-0.2, -0.15) is 8.78 Å². The molecule has 1 amide bonds. The van der Waals surface area contributed by atoms with E-state index < -0.39 is 28.9 Å². The molecule has 1 aromatic heterocycles. The van der Waals surface area contributed by atoms with Crippen molar-refractivity contribution >= 4 is 22.9 Å². The number of amides is 1. The quantitative estimate of drug-likeness (QED) is 0.499. The minimum Gasteiger partial charge on any atom is -0.493 e. The first-order valence-corrected chi connectivity index (χ1v) is 8.91. The molecular formula is C17H19F2N3O5S. The van der Waals surface area contributed by atoms with Gasteiger partial charge in [-0.05, 0) is 25.5 Å². The number of halogens is 2. The van der Waals surface area contributed by atoms with Crippen LogP contribution < -0.4 is 14.8 Å². The van der Waals surface area contributed by atoms with E-state index in [0.717, 1.165) is 17.0 Å². The maximum Gasteiger partial charge on any atom is 0.387 e. The number of benzene rings is 1. The van der Waals surface area contributed by atoms with E-state index in [1.807, 2.05) is 36.5 Å². The number of ether oxygens (including phenoxy) is 2. The Hall–Kier alpha value is -2.79. The number of alkyl halides is 2. The zero-order valence-electron chi connectivity index (χ0n) is 15.3. The van der Waals surface area contributed by atoms with Crippen molar-refractivity contribution in [3.8, 4) is 11.5 Å². The number of nitro groups is 1. The Morgan fingerprint density at radius 3 is 2.57 bits per heavy atom. The molecule has 11 heteroatoms. The summed E-state index contributed by atoms with van der Waals surface area (Å²) < 4.78 is 34.2. The first-order chi connectivity index (χ1) is 13.2. The first kappa shape index (κ1) is 21.5. The lowest BCUT2D eigenvalue weighted by molar-refractivity contribution is -0.385. The highest BCUT2D eigenvalue weighted by atomic mass is 32.1. The van der Waals surface area contributed by atoms with Crippen LogP contribution in [0, 0.1) is 10.1 Å². The lowest BCUT2D eigenvalue weighted by atomic mass is 10.1. The van der Waals surface area contributed by atoms with Gasteiger partial charge >= 0.3 is 6.61 Å². The molecule has 1 N–H and O–H groups in total. The van der Waals surface area contributed by atoms with Gasteiger partial charge in [0.1, 0.15) is 5.56 Å². The molecule has 2 aromatic rings. The molecule has 1 heterocycles. The average molecular weight is 415 g/mol. The molecular weight excluding hydrogens is 396 g/mol. The third-order valence-corrected chi connectivity index (χ3v) is 4.86. The maximum absolute atomic E-state index is 12.6. The largest absolute Gasteiger partial charge is 0.493 e. The van der Waals surface area contributed by atoms with Gasteiger partial charge in [-0.25, -0.2) is 0 Å². The van der Waals surface area contributed by atoms with Gasteiger partial charge in [0.25, 0.3) is 11.6 Å². The topological polar surface area (TPSA) is 93.9 Å². The Balaban J connectivity index is 2.29. The van der Waals surface area contributed by atoms with Crippen molar-refractivity contribution in [1.29, 1.82) is 0 Å². The zero-order valence-corrected chi connectivity index (χ0v) is 16.2. The number of nitrogens with zero attached hydrogens (tertiary/aromatic N) is 2. The van der Waals surface area contributed by atoms with Gasteiger partial charge in [-0.3, -0.25) is 14.9 Å². The second-order valence-corrected chi connectivity index (χ2v) is 6.84. The van der Waals surface area contributed by atoms with Crippen LogP contribution in [0.25, 0.3) is 0 Å². The minimum absolute atomic E-state index is 0.133. The standard InChI is InChI=1S/C17H19F2N3O5S/c1-21(2)12(15-5-4-6-28-15)9-20-16(23)10-7-13(26-3)14(27-17(18)19)8-11(10)22(24)25/h4-8,12,17H,9H2,1-3H3,(H,20,23). The summed E-state index contributed by atoms with van der Waals surface area (Å²) in [6.45, 7) is -3.00. The number of carbonyl (C=O) groups excluding carboxylic acids is 1. The van der Waals surface area contributed by atoms with Gasteiger partial charge in [0.2, 0.25) is 0 Å². The summed E-state index contributed by atoms with van der Waals surface area (Å²) in [7, 11) is 4.87. The number of hydrogen-bond donors (Lipinski definition) is 1. The van der Waals surface area contributed by atoms with Crippen molar-refractivity contribution in [2.45, 2.75) is 12.7 Å². The van der Waals surface area contributed by atoms with Crippen LogP contribution in [0.1, 0.15) is 21.3 Å². The van der Waals surface area contributed by atoms with E-state index in [0.29, 0.717) is 0 Å². The maximum atomic E-state index is 12.6. The first-order valence-electron chi connectivity index (χ1n) is 8.03. The molecule has 0 aliphatic heterocycles. The fourth-order valence-corrected chi connectivity index (χ4v) is 3.46. The van der Waals surface area contributed by atoms with Crippen molar-refractivity contribution in [2.24, 2.45) is 0 Å². The Bertz CT molecular complexity index is 830. The molecule has 0 aliphatic rings. The summed E-state index contributed by atoms with van der Waals surface area (Å²) in [6, 6.07) is 5.44. The van der Waals surface area contributed by atoms with Crippen LogP contribution in [0.15, 0.2) is 29.6 Å². The number of hydrogen-bond acceptors (Lipinski definition) is 7. The van der Waals surface area contributed by atoms with Crippen LogP contribution in [0.4, 0.5) is 14.5 Å². The van der Waals surface area contributed by atoms with E-state index in [1.54, 1.807) is 0 Å². The summed E-state index contributed by atoms with van der Waals surface area (Å²) in [5, 5.41) is 15.9. The summed E-state index contributed by atoms with van der Waals surface area (Å²) in [5.41, 5.74) is -0.973. The van der Waals surface area contributed by atoms with E-state index in [4.69, 9.17) is 4.74 Å². The van der Waals surface area contributed by atoms with Crippen molar-refractivity contribution < 1.29 is 28.0 Å². The zero-order chi connectivity index (χ0) is 20.8. The van der Waals surface area contributed by atoms with Gasteiger partial charge < -0.3 is 19.7 Å². The van der Waals surface area contributed by atoms with Crippen molar-refractivity contribution in [3.63, 3.8) is 0 Å². The summed E-state index contributed by atoms with van der Waals surface area (Å²) in [6.07, 6.45) is 0. The van der Waals surface area contributed by atoms with E-state index in [9.17, 15) is 23.7 Å². The molecule has 1 unspecified atom stereocenters. The monoisotopic (exact) mass is 415 g/mol. The smallest absolute Gasteiger partial charge is 0.387 e. The van der Waals surface area contributed by atoms with Crippen LogP contribution in [0.2, 0.25) is 0 Å². The Morgan fingerprint density at radius 1 is 1.36 bits per heavy atom. The van der Waals surface area contributed by atoms with Gasteiger partial charge in [0, 0.05) is 17.5 Å². The molecule has 0 spiro atoms. The molecule has 0 aliphatic carbocycles. The van der Waals surface area contributed by atoms with Gasteiger partial charge in [0.05, 0.1) is 24.1 Å². The van der Waals surface area contributed by atoms with Crippen LogP contribution in [0.5, 0.6) is 11.5 Å². The average Bonchev–Trinajstić information content (AvgIpc) is 3.14. The summed E-state index contributed by atoms with van der Waals surface area (Å²) >= 11 is 1.52. The number of nitrogens with one attached hydrogen (secondary N) is 1. The molecule has 0 fully saturated rings. The normalized spacial score (nSPS) is 12.1. The molecule has 1 atom stereocenters. The number of nitro benzene ring substituents is 1. The number of rotatable bonds is 9. The predicted octanol–water partition coefficient (Wildman–Crippen LogP) is 3.30. The highest BCUT2D eigenvalue weighted by Crippen LogP contribution is 2.35. The van der Waals surface area contributed by atoms with Gasteiger partial charge in [0.15, 0.2) is 11.5 Å².